The Bertz CT molecular complexity index is 2000. The maximum absolute atomic E-state index is 14.3. The second kappa shape index (κ2) is 10.7. The summed E-state index contributed by atoms with van der Waals surface area (Å²) in [7, 11) is 3.13. The Kier molecular flexibility index (Phi) is 6.93. The lowest BCUT2D eigenvalue weighted by atomic mass is 9.94. The fourth-order valence-electron chi connectivity index (χ4n) is 5.47. The second-order valence-electron chi connectivity index (χ2n) is 9.64. The predicted molar refractivity (Wildman–Crippen MR) is 161 cm³/mol. The highest BCUT2D eigenvalue weighted by molar-refractivity contribution is 7.07. The largest absolute Gasteiger partial charge is 0.497 e. The van der Waals surface area contributed by atoms with Crippen molar-refractivity contribution in [2.75, 3.05) is 20.8 Å². The Morgan fingerprint density at radius 2 is 1.66 bits per heavy atom. The van der Waals surface area contributed by atoms with Crippen LogP contribution in [0.15, 0.2) is 93.9 Å². The van der Waals surface area contributed by atoms with Crippen molar-refractivity contribution < 1.29 is 19.0 Å². The monoisotopic (exact) mass is 564 g/mol. The fraction of sp³-hybridized carbons (Fsp3) is 0.182. The van der Waals surface area contributed by atoms with Crippen molar-refractivity contribution in [3.8, 4) is 11.5 Å². The van der Waals surface area contributed by atoms with Gasteiger partial charge in [-0.15, -0.1) is 0 Å². The number of nitrogens with zero attached hydrogens (tertiary/aromatic N) is 2. The highest BCUT2D eigenvalue weighted by Crippen LogP contribution is 2.38. The highest BCUT2D eigenvalue weighted by Gasteiger charge is 2.35. The van der Waals surface area contributed by atoms with Gasteiger partial charge in [0.2, 0.25) is 0 Å². The summed E-state index contributed by atoms with van der Waals surface area (Å²) < 4.78 is 18.7. The quantitative estimate of drug-likeness (QED) is 0.211. The van der Waals surface area contributed by atoms with Crippen LogP contribution in [-0.4, -0.2) is 31.4 Å². The lowest BCUT2D eigenvalue weighted by molar-refractivity contribution is -0.139. The molecule has 4 aromatic carbocycles. The standard InChI is InChI=1S/C33H28N2O5S/c1-5-40-32(37)29-19(2)34-33-35(30(29)26-17-22(38-3)14-15-27(26)39-4)31(36)28(41-33)18-25-23-12-8-6-10-20(23)16-21-11-7-9-13-24(21)25/h6-18,30H,5H2,1-4H3/b28-18-/t30-/m0/s1. The molecule has 1 aliphatic heterocycles. The van der Waals surface area contributed by atoms with Gasteiger partial charge in [-0.25, -0.2) is 9.79 Å². The number of esters is 1. The molecule has 0 unspecified atom stereocenters. The van der Waals surface area contributed by atoms with Gasteiger partial charge < -0.3 is 14.2 Å². The van der Waals surface area contributed by atoms with E-state index in [-0.39, 0.29) is 17.7 Å². The highest BCUT2D eigenvalue weighted by atomic mass is 32.1. The van der Waals surface area contributed by atoms with Gasteiger partial charge in [0.1, 0.15) is 17.5 Å². The molecular formula is C33H28N2O5S. The molecule has 0 saturated carbocycles. The molecule has 2 heterocycles. The number of rotatable bonds is 6. The summed E-state index contributed by atoms with van der Waals surface area (Å²) in [6.45, 7) is 3.70. The molecule has 1 atom stereocenters. The average Bonchev–Trinajstić information content (AvgIpc) is 3.29. The molecule has 206 valence electrons. The SMILES string of the molecule is CCOC(=O)C1=C(C)N=c2s/c(=C\c3c4ccccc4cc4ccccc34)c(=O)n2[C@H]1c1cc(OC)ccc1OC. The lowest BCUT2D eigenvalue weighted by Gasteiger charge is -2.26. The summed E-state index contributed by atoms with van der Waals surface area (Å²) in [5.74, 6) is 0.558. The number of hydrogen-bond donors (Lipinski definition) is 0. The van der Waals surface area contributed by atoms with Crippen LogP contribution < -0.4 is 24.4 Å². The molecule has 0 N–H and O–H groups in total. The van der Waals surface area contributed by atoms with Crippen molar-refractivity contribution in [3.63, 3.8) is 0 Å². The van der Waals surface area contributed by atoms with Gasteiger partial charge >= 0.3 is 5.97 Å². The average molecular weight is 565 g/mol. The molecule has 0 spiro atoms. The number of thiazole rings is 1. The van der Waals surface area contributed by atoms with E-state index in [4.69, 9.17) is 19.2 Å². The van der Waals surface area contributed by atoms with Gasteiger partial charge in [0, 0.05) is 5.56 Å². The van der Waals surface area contributed by atoms with Gasteiger partial charge in [-0.1, -0.05) is 59.9 Å². The number of fused-ring (bicyclic) bond motifs is 3. The number of allylic oxidation sites excluding steroid dienone is 1. The fourth-order valence-corrected chi connectivity index (χ4v) is 6.50. The summed E-state index contributed by atoms with van der Waals surface area (Å²) in [5, 5.41) is 4.27. The number of ether oxygens (including phenoxy) is 3. The third-order valence-corrected chi connectivity index (χ3v) is 8.32. The van der Waals surface area contributed by atoms with E-state index < -0.39 is 12.0 Å². The van der Waals surface area contributed by atoms with E-state index >= 15 is 0 Å². The number of aromatic nitrogens is 1. The van der Waals surface area contributed by atoms with Gasteiger partial charge in [-0.3, -0.25) is 9.36 Å². The molecule has 0 saturated heterocycles. The second-order valence-corrected chi connectivity index (χ2v) is 10.7. The van der Waals surface area contributed by atoms with Crippen molar-refractivity contribution in [1.82, 2.24) is 4.57 Å². The lowest BCUT2D eigenvalue weighted by Crippen LogP contribution is -2.40. The van der Waals surface area contributed by atoms with E-state index in [1.807, 2.05) is 30.3 Å². The minimum Gasteiger partial charge on any atom is -0.497 e. The smallest absolute Gasteiger partial charge is 0.338 e. The first-order chi connectivity index (χ1) is 19.9. The molecule has 7 nitrogen and oxygen atoms in total. The minimum absolute atomic E-state index is 0.191. The molecule has 0 fully saturated rings. The van der Waals surface area contributed by atoms with E-state index in [1.54, 1.807) is 50.8 Å². The molecule has 0 amide bonds. The third kappa shape index (κ3) is 4.50. The first-order valence-electron chi connectivity index (χ1n) is 13.3. The topological polar surface area (TPSA) is 79.1 Å². The number of carbonyl (C=O) groups excluding carboxylic acids is 1. The van der Waals surface area contributed by atoms with Crippen LogP contribution in [0.2, 0.25) is 0 Å². The van der Waals surface area contributed by atoms with E-state index in [9.17, 15) is 9.59 Å². The summed E-state index contributed by atoms with van der Waals surface area (Å²) in [5.41, 5.74) is 2.08. The van der Waals surface area contributed by atoms with Crippen molar-refractivity contribution in [2.45, 2.75) is 19.9 Å². The number of benzene rings is 4. The summed E-state index contributed by atoms with van der Waals surface area (Å²) in [6.07, 6.45) is 1.94. The number of methoxy groups -OCH3 is 2. The zero-order valence-electron chi connectivity index (χ0n) is 23.1. The Morgan fingerprint density at radius 1 is 0.976 bits per heavy atom. The molecule has 6 rings (SSSR count). The van der Waals surface area contributed by atoms with Crippen LogP contribution in [0.1, 0.15) is 31.0 Å². The predicted octanol–water partition coefficient (Wildman–Crippen LogP) is 5.12. The van der Waals surface area contributed by atoms with Crippen LogP contribution >= 0.6 is 11.3 Å². The normalized spacial score (nSPS) is 15.1. The van der Waals surface area contributed by atoms with E-state index in [0.29, 0.717) is 32.1 Å². The zero-order valence-corrected chi connectivity index (χ0v) is 24.0. The number of carbonyl (C=O) groups is 1. The molecule has 0 radical (unpaired) electrons. The van der Waals surface area contributed by atoms with Crippen molar-refractivity contribution in [3.05, 3.63) is 115 Å². The third-order valence-electron chi connectivity index (χ3n) is 7.34. The summed E-state index contributed by atoms with van der Waals surface area (Å²) >= 11 is 1.30. The molecule has 5 aromatic rings. The molecule has 1 aliphatic rings. The Hall–Kier alpha value is -4.69. The van der Waals surface area contributed by atoms with Crippen LogP contribution in [-0.2, 0) is 9.53 Å². The molecule has 0 aliphatic carbocycles. The first-order valence-corrected chi connectivity index (χ1v) is 14.1. The number of hydrogen-bond acceptors (Lipinski definition) is 7. The molecule has 8 heteroatoms. The van der Waals surface area contributed by atoms with Crippen LogP contribution in [0.25, 0.3) is 27.6 Å². The Morgan fingerprint density at radius 3 is 2.29 bits per heavy atom. The minimum atomic E-state index is -0.818. The maximum Gasteiger partial charge on any atom is 0.338 e. The van der Waals surface area contributed by atoms with Gasteiger partial charge in [0.25, 0.3) is 5.56 Å². The van der Waals surface area contributed by atoms with Crippen LogP contribution in [0, 0.1) is 0 Å². The van der Waals surface area contributed by atoms with Crippen LogP contribution in [0.4, 0.5) is 0 Å². The van der Waals surface area contributed by atoms with Crippen LogP contribution in [0.5, 0.6) is 11.5 Å². The molecular weight excluding hydrogens is 536 g/mol. The molecule has 0 bridgehead atoms. The van der Waals surface area contributed by atoms with E-state index in [1.165, 1.54) is 11.3 Å². The van der Waals surface area contributed by atoms with E-state index in [0.717, 1.165) is 27.1 Å². The van der Waals surface area contributed by atoms with Crippen LogP contribution in [0.3, 0.4) is 0 Å². The van der Waals surface area contributed by atoms with Crippen molar-refractivity contribution in [2.24, 2.45) is 4.99 Å². The Labute approximate surface area is 240 Å². The molecule has 1 aromatic heterocycles. The summed E-state index contributed by atoms with van der Waals surface area (Å²) in [6, 6.07) is 23.0. The van der Waals surface area contributed by atoms with Crippen molar-refractivity contribution >= 4 is 44.9 Å². The maximum atomic E-state index is 14.3. The first kappa shape index (κ1) is 26.5. The Balaban J connectivity index is 1.67. The van der Waals surface area contributed by atoms with Gasteiger partial charge in [-0.2, -0.15) is 0 Å². The molecule has 41 heavy (non-hydrogen) atoms. The zero-order chi connectivity index (χ0) is 28.7. The summed E-state index contributed by atoms with van der Waals surface area (Å²) in [4.78, 5) is 32.8. The van der Waals surface area contributed by atoms with Crippen molar-refractivity contribution in [1.29, 1.82) is 0 Å². The van der Waals surface area contributed by atoms with Gasteiger partial charge in [0.15, 0.2) is 4.80 Å². The van der Waals surface area contributed by atoms with Gasteiger partial charge in [0.05, 0.1) is 36.6 Å². The van der Waals surface area contributed by atoms with Gasteiger partial charge in [-0.05, 0) is 71.3 Å². The van der Waals surface area contributed by atoms with E-state index in [2.05, 4.69) is 30.3 Å².